The Morgan fingerprint density at radius 2 is 2.00 bits per heavy atom. The fraction of sp³-hybridized carbons (Fsp3) is 0.550. The molecular formula is C20H28N2O4S. The van der Waals surface area contributed by atoms with Gasteiger partial charge in [-0.1, -0.05) is 18.6 Å². The minimum atomic E-state index is -3.56. The van der Waals surface area contributed by atoms with Gasteiger partial charge in [0.15, 0.2) is 0 Å². The van der Waals surface area contributed by atoms with Crippen LogP contribution in [0.2, 0.25) is 0 Å². The zero-order valence-corrected chi connectivity index (χ0v) is 16.6. The maximum atomic E-state index is 13.0. The lowest BCUT2D eigenvalue weighted by atomic mass is 9.93. The molecule has 1 heterocycles. The number of hydrogen-bond acceptors (Lipinski definition) is 4. The van der Waals surface area contributed by atoms with Gasteiger partial charge in [-0.05, 0) is 57.2 Å². The Morgan fingerprint density at radius 1 is 1.22 bits per heavy atom. The fourth-order valence-corrected chi connectivity index (χ4v) is 5.11. The number of anilines is 1. The minimum Gasteiger partial charge on any atom is -0.492 e. The number of benzene rings is 1. The topological polar surface area (TPSA) is 75.7 Å². The average Bonchev–Trinajstić information content (AvgIpc) is 2.70. The maximum Gasteiger partial charge on any atom is 0.243 e. The first-order valence-corrected chi connectivity index (χ1v) is 11.2. The number of allylic oxidation sites excluding steroid dienone is 2. The van der Waals surface area contributed by atoms with Gasteiger partial charge >= 0.3 is 0 Å². The Hall–Kier alpha value is -1.86. The molecule has 1 unspecified atom stereocenters. The van der Waals surface area contributed by atoms with Crippen molar-refractivity contribution in [2.24, 2.45) is 5.92 Å². The van der Waals surface area contributed by atoms with Crippen molar-refractivity contribution < 1.29 is 17.9 Å². The fourth-order valence-electron chi connectivity index (χ4n) is 3.57. The Kier molecular flexibility index (Phi) is 6.55. The first-order chi connectivity index (χ1) is 13.0. The molecule has 1 fully saturated rings. The third-order valence-electron chi connectivity index (χ3n) is 5.10. The molecule has 148 valence electrons. The number of piperidine rings is 1. The van der Waals surface area contributed by atoms with Gasteiger partial charge in [-0.15, -0.1) is 0 Å². The van der Waals surface area contributed by atoms with Crippen LogP contribution in [0.5, 0.6) is 5.75 Å². The largest absolute Gasteiger partial charge is 0.492 e. The molecule has 3 rings (SSSR count). The summed E-state index contributed by atoms with van der Waals surface area (Å²) >= 11 is 0. The van der Waals surface area contributed by atoms with Crippen LogP contribution < -0.4 is 10.1 Å². The van der Waals surface area contributed by atoms with E-state index < -0.39 is 10.0 Å². The Bertz CT molecular complexity index is 798. The molecule has 0 spiro atoms. The van der Waals surface area contributed by atoms with E-state index in [2.05, 4.69) is 11.4 Å². The first kappa shape index (κ1) is 19.9. The molecule has 1 atom stereocenters. The predicted molar refractivity (Wildman–Crippen MR) is 105 cm³/mol. The zero-order chi connectivity index (χ0) is 19.3. The summed E-state index contributed by atoms with van der Waals surface area (Å²) in [7, 11) is -3.56. The van der Waals surface area contributed by atoms with E-state index in [-0.39, 0.29) is 16.7 Å². The van der Waals surface area contributed by atoms with Crippen LogP contribution >= 0.6 is 0 Å². The van der Waals surface area contributed by atoms with Crippen molar-refractivity contribution in [2.75, 3.05) is 25.0 Å². The molecule has 2 aliphatic rings. The van der Waals surface area contributed by atoms with Crippen LogP contribution in [0.4, 0.5) is 5.69 Å². The van der Waals surface area contributed by atoms with E-state index in [1.807, 2.05) is 13.0 Å². The molecule has 0 aromatic heterocycles. The molecule has 1 aliphatic carbocycles. The van der Waals surface area contributed by atoms with Crippen LogP contribution in [-0.4, -0.2) is 38.3 Å². The number of nitrogens with one attached hydrogen (secondary N) is 1. The van der Waals surface area contributed by atoms with Crippen LogP contribution in [0.15, 0.2) is 35.2 Å². The van der Waals surface area contributed by atoms with Crippen LogP contribution in [0.1, 0.15) is 45.4 Å². The zero-order valence-electron chi connectivity index (χ0n) is 15.8. The lowest BCUT2D eigenvalue weighted by molar-refractivity contribution is -0.120. The number of ether oxygens (including phenoxy) is 1. The Balaban J connectivity index is 1.85. The van der Waals surface area contributed by atoms with Crippen LogP contribution in [0.25, 0.3) is 0 Å². The van der Waals surface area contributed by atoms with Gasteiger partial charge in [0.2, 0.25) is 15.9 Å². The van der Waals surface area contributed by atoms with Crippen molar-refractivity contribution in [1.82, 2.24) is 4.31 Å². The molecule has 7 heteroatoms. The summed E-state index contributed by atoms with van der Waals surface area (Å²) < 4.78 is 33.1. The van der Waals surface area contributed by atoms with E-state index in [9.17, 15) is 13.2 Å². The van der Waals surface area contributed by atoms with Crippen molar-refractivity contribution in [3.8, 4) is 5.75 Å². The van der Waals surface area contributed by atoms with Gasteiger partial charge in [0.25, 0.3) is 0 Å². The van der Waals surface area contributed by atoms with Crippen molar-refractivity contribution in [3.63, 3.8) is 0 Å². The van der Waals surface area contributed by atoms with Gasteiger partial charge in [-0.2, -0.15) is 4.31 Å². The van der Waals surface area contributed by atoms with E-state index in [1.54, 1.807) is 12.1 Å². The molecule has 1 aromatic rings. The van der Waals surface area contributed by atoms with Gasteiger partial charge in [0.1, 0.15) is 5.75 Å². The molecule has 27 heavy (non-hydrogen) atoms. The SMILES string of the molecule is CCOc1ccc(S(=O)(=O)N2CCCCC2)cc1NC(=O)C1CC=CCC1. The smallest absolute Gasteiger partial charge is 0.243 e. The van der Waals surface area contributed by atoms with E-state index in [4.69, 9.17) is 4.74 Å². The molecule has 0 radical (unpaired) electrons. The molecule has 1 aromatic carbocycles. The lowest BCUT2D eigenvalue weighted by Crippen LogP contribution is -2.35. The summed E-state index contributed by atoms with van der Waals surface area (Å²) in [6, 6.07) is 4.73. The maximum absolute atomic E-state index is 13.0. The van der Waals surface area contributed by atoms with E-state index >= 15 is 0 Å². The Labute approximate surface area is 161 Å². The minimum absolute atomic E-state index is 0.0900. The van der Waals surface area contributed by atoms with Crippen molar-refractivity contribution >= 4 is 21.6 Å². The van der Waals surface area contributed by atoms with Crippen LogP contribution in [0.3, 0.4) is 0 Å². The van der Waals surface area contributed by atoms with Gasteiger partial charge in [-0.3, -0.25) is 4.79 Å². The Morgan fingerprint density at radius 3 is 2.67 bits per heavy atom. The summed E-state index contributed by atoms with van der Waals surface area (Å²) in [5.41, 5.74) is 0.425. The lowest BCUT2D eigenvalue weighted by Gasteiger charge is -2.26. The third kappa shape index (κ3) is 4.71. The number of nitrogens with zero attached hydrogens (tertiary/aromatic N) is 1. The number of rotatable bonds is 6. The molecule has 0 saturated carbocycles. The highest BCUT2D eigenvalue weighted by atomic mass is 32.2. The van der Waals surface area contributed by atoms with Gasteiger partial charge < -0.3 is 10.1 Å². The van der Waals surface area contributed by atoms with Gasteiger partial charge in [0.05, 0.1) is 17.2 Å². The third-order valence-corrected chi connectivity index (χ3v) is 7.00. The highest BCUT2D eigenvalue weighted by Crippen LogP contribution is 2.31. The van der Waals surface area contributed by atoms with Crippen LogP contribution in [-0.2, 0) is 14.8 Å². The molecule has 6 nitrogen and oxygen atoms in total. The standard InChI is InChI=1S/C20H28N2O4S/c1-2-26-19-12-11-17(27(24,25)22-13-7-4-8-14-22)15-18(19)21-20(23)16-9-5-3-6-10-16/h3,5,11-12,15-16H,2,4,6-10,13-14H2,1H3,(H,21,23). The monoisotopic (exact) mass is 392 g/mol. The second kappa shape index (κ2) is 8.89. The summed E-state index contributed by atoms with van der Waals surface area (Å²) in [4.78, 5) is 12.8. The highest BCUT2D eigenvalue weighted by molar-refractivity contribution is 7.89. The quantitative estimate of drug-likeness (QED) is 0.751. The number of sulfonamides is 1. The average molecular weight is 393 g/mol. The number of carbonyl (C=O) groups excluding carboxylic acids is 1. The molecule has 1 N–H and O–H groups in total. The molecule has 0 bridgehead atoms. The molecule has 1 saturated heterocycles. The normalized spacial score (nSPS) is 21.0. The number of hydrogen-bond donors (Lipinski definition) is 1. The molecule has 1 amide bonds. The highest BCUT2D eigenvalue weighted by Gasteiger charge is 2.27. The molecule has 1 aliphatic heterocycles. The van der Waals surface area contributed by atoms with E-state index in [1.165, 1.54) is 10.4 Å². The van der Waals surface area contributed by atoms with Gasteiger partial charge in [-0.25, -0.2) is 8.42 Å². The number of amides is 1. The second-order valence-electron chi connectivity index (χ2n) is 7.03. The summed E-state index contributed by atoms with van der Waals surface area (Å²) in [5.74, 6) is 0.314. The summed E-state index contributed by atoms with van der Waals surface area (Å²) in [6.45, 7) is 3.39. The predicted octanol–water partition coefficient (Wildman–Crippen LogP) is 3.55. The van der Waals surface area contributed by atoms with Gasteiger partial charge in [0, 0.05) is 19.0 Å². The molecular weight excluding hydrogens is 364 g/mol. The van der Waals surface area contributed by atoms with Crippen molar-refractivity contribution in [3.05, 3.63) is 30.4 Å². The van der Waals surface area contributed by atoms with E-state index in [0.717, 1.165) is 32.1 Å². The van der Waals surface area contributed by atoms with Crippen molar-refractivity contribution in [2.45, 2.75) is 50.3 Å². The first-order valence-electron chi connectivity index (χ1n) is 9.75. The summed E-state index contributed by atoms with van der Waals surface area (Å²) in [6.07, 6.45) is 9.34. The van der Waals surface area contributed by atoms with E-state index in [0.29, 0.717) is 37.6 Å². The van der Waals surface area contributed by atoms with Crippen molar-refractivity contribution in [1.29, 1.82) is 0 Å². The number of carbonyl (C=O) groups is 1. The van der Waals surface area contributed by atoms with Crippen LogP contribution in [0, 0.1) is 5.92 Å². The summed E-state index contributed by atoms with van der Waals surface area (Å²) in [5, 5.41) is 2.90. The second-order valence-corrected chi connectivity index (χ2v) is 8.96.